The second kappa shape index (κ2) is 5.57. The van der Waals surface area contributed by atoms with Crippen molar-refractivity contribution < 1.29 is 9.53 Å². The fourth-order valence-corrected chi connectivity index (χ4v) is 0.971. The molecule has 0 unspecified atom stereocenters. The molecule has 2 heteroatoms. The van der Waals surface area contributed by atoms with Crippen LogP contribution in [0.4, 0.5) is 0 Å². The fraction of sp³-hybridized carbons (Fsp3) is 0.545. The summed E-state index contributed by atoms with van der Waals surface area (Å²) in [6.07, 6.45) is 5.91. The minimum Gasteiger partial charge on any atom is -0.466 e. The lowest BCUT2D eigenvalue weighted by Crippen LogP contribution is -2.16. The summed E-state index contributed by atoms with van der Waals surface area (Å²) >= 11 is 0. The lowest BCUT2D eigenvalue weighted by atomic mass is 9.89. The zero-order valence-electron chi connectivity index (χ0n) is 8.67. The number of rotatable bonds is 5. The zero-order valence-corrected chi connectivity index (χ0v) is 8.67. The Morgan fingerprint density at radius 2 is 2.15 bits per heavy atom. The average Bonchev–Trinajstić information content (AvgIpc) is 2.00. The Kier molecular flexibility index (Phi) is 5.12. The third-order valence-electron chi connectivity index (χ3n) is 1.59. The van der Waals surface area contributed by atoms with Crippen molar-refractivity contribution in [1.82, 2.24) is 0 Å². The summed E-state index contributed by atoms with van der Waals surface area (Å²) in [4.78, 5) is 11.1. The summed E-state index contributed by atoms with van der Waals surface area (Å²) in [7, 11) is 0. The van der Waals surface area contributed by atoms with Gasteiger partial charge in [-0.15, -0.1) is 0 Å². The van der Waals surface area contributed by atoms with Gasteiger partial charge in [-0.1, -0.05) is 38.7 Å². The molecular formula is C11H18O2. The number of carbonyl (C=O) groups is 1. The predicted octanol–water partition coefficient (Wildman–Crippen LogP) is 2.71. The summed E-state index contributed by atoms with van der Waals surface area (Å²) in [5, 5.41) is 0. The van der Waals surface area contributed by atoms with Crippen LogP contribution in [0, 0.1) is 5.41 Å². The van der Waals surface area contributed by atoms with E-state index in [0.717, 1.165) is 0 Å². The molecule has 13 heavy (non-hydrogen) atoms. The molecule has 0 spiro atoms. The highest BCUT2D eigenvalue weighted by Crippen LogP contribution is 2.22. The van der Waals surface area contributed by atoms with Crippen molar-refractivity contribution in [2.75, 3.05) is 6.61 Å². The van der Waals surface area contributed by atoms with Gasteiger partial charge in [0, 0.05) is 0 Å². The van der Waals surface area contributed by atoms with Crippen molar-refractivity contribution in [3.05, 3.63) is 24.8 Å². The Morgan fingerprint density at radius 3 is 2.62 bits per heavy atom. The monoisotopic (exact) mass is 182 g/mol. The second-order valence-electron chi connectivity index (χ2n) is 3.57. The molecule has 74 valence electrons. The Hall–Kier alpha value is -1.05. The van der Waals surface area contributed by atoms with Crippen molar-refractivity contribution in [3.8, 4) is 0 Å². The van der Waals surface area contributed by atoms with Crippen LogP contribution in [0.15, 0.2) is 24.8 Å². The van der Waals surface area contributed by atoms with Gasteiger partial charge in [0.1, 0.15) is 0 Å². The molecule has 0 aliphatic rings. The van der Waals surface area contributed by atoms with Gasteiger partial charge in [0.2, 0.25) is 0 Å². The van der Waals surface area contributed by atoms with Crippen molar-refractivity contribution >= 4 is 5.97 Å². The molecule has 0 saturated heterocycles. The van der Waals surface area contributed by atoms with E-state index in [0.29, 0.717) is 13.0 Å². The van der Waals surface area contributed by atoms with E-state index >= 15 is 0 Å². The molecule has 0 N–H and O–H groups in total. The normalized spacial score (nSPS) is 11.6. The maximum absolute atomic E-state index is 11.1. The van der Waals surface area contributed by atoms with Crippen molar-refractivity contribution in [3.63, 3.8) is 0 Å². The Morgan fingerprint density at radius 1 is 1.54 bits per heavy atom. The van der Waals surface area contributed by atoms with Gasteiger partial charge in [-0.05, 0) is 12.3 Å². The first-order chi connectivity index (χ1) is 6.02. The Balaban J connectivity index is 4.07. The highest BCUT2D eigenvalue weighted by Gasteiger charge is 2.18. The second-order valence-corrected chi connectivity index (χ2v) is 3.57. The molecule has 0 aromatic heterocycles. The predicted molar refractivity (Wildman–Crippen MR) is 54.4 cm³/mol. The summed E-state index contributed by atoms with van der Waals surface area (Å²) in [5.41, 5.74) is -0.152. The molecule has 0 amide bonds. The van der Waals surface area contributed by atoms with E-state index in [1.54, 1.807) is 6.08 Å². The minimum absolute atomic E-state index is 0.152. The van der Waals surface area contributed by atoms with Gasteiger partial charge in [-0.3, -0.25) is 4.79 Å². The maximum atomic E-state index is 11.1. The molecule has 0 heterocycles. The minimum atomic E-state index is -0.152. The quantitative estimate of drug-likeness (QED) is 0.482. The van der Waals surface area contributed by atoms with E-state index in [1.165, 1.54) is 0 Å². The van der Waals surface area contributed by atoms with Crippen molar-refractivity contribution in [2.24, 2.45) is 5.41 Å². The van der Waals surface area contributed by atoms with Gasteiger partial charge in [-0.25, -0.2) is 0 Å². The van der Waals surface area contributed by atoms with Crippen molar-refractivity contribution in [2.45, 2.75) is 27.2 Å². The van der Waals surface area contributed by atoms with Crippen LogP contribution < -0.4 is 0 Å². The molecule has 0 aliphatic carbocycles. The van der Waals surface area contributed by atoms with E-state index in [-0.39, 0.29) is 11.4 Å². The van der Waals surface area contributed by atoms with Crippen LogP contribution in [0.25, 0.3) is 0 Å². The van der Waals surface area contributed by atoms with Gasteiger partial charge in [0.25, 0.3) is 0 Å². The standard InChI is InChI=1S/C11H18O2/c1-5-7-8-11(3,4)9-10(12)13-6-2/h5,7-8H,1,6,9H2,2-4H3. The number of hydrogen-bond acceptors (Lipinski definition) is 2. The van der Waals surface area contributed by atoms with Crippen LogP contribution in [-0.2, 0) is 9.53 Å². The van der Waals surface area contributed by atoms with Crippen molar-refractivity contribution in [1.29, 1.82) is 0 Å². The summed E-state index contributed by atoms with van der Waals surface area (Å²) in [6, 6.07) is 0. The summed E-state index contributed by atoms with van der Waals surface area (Å²) < 4.78 is 4.86. The number of carbonyl (C=O) groups excluding carboxylic acids is 1. The number of ether oxygens (including phenoxy) is 1. The maximum Gasteiger partial charge on any atom is 0.306 e. The van der Waals surface area contributed by atoms with E-state index in [1.807, 2.05) is 32.9 Å². The van der Waals surface area contributed by atoms with Gasteiger partial charge in [-0.2, -0.15) is 0 Å². The summed E-state index contributed by atoms with van der Waals surface area (Å²) in [6.45, 7) is 9.81. The lowest BCUT2D eigenvalue weighted by Gasteiger charge is -2.18. The third kappa shape index (κ3) is 6.14. The van der Waals surface area contributed by atoms with Crippen LogP contribution in [0.3, 0.4) is 0 Å². The molecule has 0 aromatic rings. The van der Waals surface area contributed by atoms with Crippen LogP contribution in [-0.4, -0.2) is 12.6 Å². The fourth-order valence-electron chi connectivity index (χ4n) is 0.971. The van der Waals surface area contributed by atoms with Gasteiger partial charge in [0.05, 0.1) is 13.0 Å². The van der Waals surface area contributed by atoms with Crippen LogP contribution in [0.5, 0.6) is 0 Å². The SMILES string of the molecule is C=CC=CC(C)(C)CC(=O)OCC. The third-order valence-corrected chi connectivity index (χ3v) is 1.59. The van der Waals surface area contributed by atoms with Gasteiger partial charge >= 0.3 is 5.97 Å². The first-order valence-corrected chi connectivity index (χ1v) is 4.47. The number of esters is 1. The topological polar surface area (TPSA) is 26.3 Å². The molecule has 0 rings (SSSR count). The van der Waals surface area contributed by atoms with Crippen LogP contribution >= 0.6 is 0 Å². The average molecular weight is 182 g/mol. The van der Waals surface area contributed by atoms with Gasteiger partial charge in [0.15, 0.2) is 0 Å². The smallest absolute Gasteiger partial charge is 0.306 e. The highest BCUT2D eigenvalue weighted by molar-refractivity contribution is 5.70. The van der Waals surface area contributed by atoms with E-state index < -0.39 is 0 Å². The molecular weight excluding hydrogens is 164 g/mol. The first-order valence-electron chi connectivity index (χ1n) is 4.47. The Labute approximate surface area is 80.3 Å². The largest absolute Gasteiger partial charge is 0.466 e. The molecule has 0 saturated carbocycles. The van der Waals surface area contributed by atoms with E-state index in [4.69, 9.17) is 4.74 Å². The molecule has 0 radical (unpaired) electrons. The van der Waals surface area contributed by atoms with Crippen LogP contribution in [0.1, 0.15) is 27.2 Å². The molecule has 0 fully saturated rings. The van der Waals surface area contributed by atoms with Crippen LogP contribution in [0.2, 0.25) is 0 Å². The Bertz CT molecular complexity index is 202. The van der Waals surface area contributed by atoms with Gasteiger partial charge < -0.3 is 4.74 Å². The zero-order chi connectivity index (χ0) is 10.3. The lowest BCUT2D eigenvalue weighted by molar-refractivity contribution is -0.144. The number of hydrogen-bond donors (Lipinski definition) is 0. The molecule has 0 atom stereocenters. The number of allylic oxidation sites excluding steroid dienone is 3. The summed E-state index contributed by atoms with van der Waals surface area (Å²) in [5.74, 6) is -0.152. The molecule has 2 nitrogen and oxygen atoms in total. The molecule has 0 aliphatic heterocycles. The van der Waals surface area contributed by atoms with E-state index in [9.17, 15) is 4.79 Å². The molecule has 0 aromatic carbocycles. The molecule has 0 bridgehead atoms. The first kappa shape index (κ1) is 11.9. The highest BCUT2D eigenvalue weighted by atomic mass is 16.5. The van der Waals surface area contributed by atoms with E-state index in [2.05, 4.69) is 6.58 Å².